The van der Waals surface area contributed by atoms with Crippen LogP contribution in [0.4, 0.5) is 0 Å². The third-order valence-corrected chi connectivity index (χ3v) is 6.35. The van der Waals surface area contributed by atoms with Crippen LogP contribution in [0.25, 0.3) is 0 Å². The number of carboxylic acids is 1. The fourth-order valence-electron chi connectivity index (χ4n) is 3.29. The third-order valence-electron chi connectivity index (χ3n) is 5.01. The molecule has 10 nitrogen and oxygen atoms in total. The normalized spacial score (nSPS) is 21.2. The Kier molecular flexibility index (Phi) is 6.68. The van der Waals surface area contributed by atoms with Gasteiger partial charge in [0.1, 0.15) is 23.7 Å². The fourth-order valence-corrected chi connectivity index (χ4v) is 4.62. The lowest BCUT2D eigenvalue weighted by molar-refractivity contribution is -0.153. The van der Waals surface area contributed by atoms with Crippen molar-refractivity contribution >= 4 is 35.5 Å². The topological polar surface area (TPSA) is 142 Å². The fraction of sp³-hybridized carbons (Fsp3) is 0.429. The summed E-state index contributed by atoms with van der Waals surface area (Å²) in [4.78, 5) is 61.5. The monoisotopic (exact) mass is 461 g/mol. The summed E-state index contributed by atoms with van der Waals surface area (Å²) >= 11 is 1.24. The summed E-state index contributed by atoms with van der Waals surface area (Å²) in [5, 5.41) is 14.4. The number of carbonyl (C=O) groups is 4. The maximum absolute atomic E-state index is 12.7. The van der Waals surface area contributed by atoms with Gasteiger partial charge in [0.2, 0.25) is 0 Å². The van der Waals surface area contributed by atoms with Crippen LogP contribution in [0.3, 0.4) is 0 Å². The molecular formula is C21H23N3O7S. The van der Waals surface area contributed by atoms with Gasteiger partial charge in [-0.1, -0.05) is 35.5 Å². The standard InChI is InChI=1S/C21H23N3O7S/c1-21(2,3)20(29)31-9-12-10-32-18-14(17(26)24(18)15(12)19(27)28)22-16(25)13(23-30)11-7-5-4-6-8-11/h4-8,13-14,18H,9-10H2,1-3H3,(H,22,25)(H,27,28)/t13?,14-,18+/m1/s1. The Morgan fingerprint density at radius 1 is 1.28 bits per heavy atom. The van der Waals surface area contributed by atoms with E-state index in [9.17, 15) is 29.2 Å². The first-order valence-corrected chi connectivity index (χ1v) is 10.9. The molecule has 0 spiro atoms. The Bertz CT molecular complexity index is 987. The molecular weight excluding hydrogens is 438 g/mol. The molecule has 0 aromatic heterocycles. The molecule has 2 aliphatic rings. The number of ether oxygens (including phenoxy) is 1. The van der Waals surface area contributed by atoms with E-state index >= 15 is 0 Å². The summed E-state index contributed by atoms with van der Waals surface area (Å²) in [7, 11) is 0. The Hall–Kier alpha value is -3.21. The van der Waals surface area contributed by atoms with Crippen molar-refractivity contribution in [1.29, 1.82) is 0 Å². The van der Waals surface area contributed by atoms with Gasteiger partial charge in [-0.25, -0.2) is 4.79 Å². The number of β-lactam (4-membered cyclic amide) rings is 1. The molecule has 2 N–H and O–H groups in total. The third kappa shape index (κ3) is 4.52. The number of thioether (sulfide) groups is 1. The number of fused-ring (bicyclic) bond motifs is 1. The molecule has 0 radical (unpaired) electrons. The van der Waals surface area contributed by atoms with Crippen molar-refractivity contribution in [3.63, 3.8) is 0 Å². The molecule has 3 atom stereocenters. The van der Waals surface area contributed by atoms with Crippen molar-refractivity contribution < 1.29 is 29.0 Å². The molecule has 11 heteroatoms. The molecule has 0 aliphatic carbocycles. The van der Waals surface area contributed by atoms with Gasteiger partial charge in [0.05, 0.1) is 5.41 Å². The molecule has 0 saturated carbocycles. The SMILES string of the molecule is CC(C)(C)C(=O)OCC1=C(C(=O)O)N2C(=O)[C@@H](NC(=O)C(N=O)c3ccccc3)[C@@H]2SC1. The quantitative estimate of drug-likeness (QED) is 0.356. The minimum absolute atomic E-state index is 0.202. The zero-order valence-corrected chi connectivity index (χ0v) is 18.5. The minimum Gasteiger partial charge on any atom is -0.477 e. The number of carbonyl (C=O) groups excluding carboxylic acids is 3. The zero-order chi connectivity index (χ0) is 23.6. The lowest BCUT2D eigenvalue weighted by atomic mass is 9.97. The number of aliphatic carboxylic acids is 1. The van der Waals surface area contributed by atoms with Gasteiger partial charge in [0.25, 0.3) is 11.8 Å². The number of nitrogens with zero attached hydrogens (tertiary/aromatic N) is 2. The van der Waals surface area contributed by atoms with Crippen molar-refractivity contribution in [2.45, 2.75) is 38.2 Å². The summed E-state index contributed by atoms with van der Waals surface area (Å²) in [5.74, 6) is -2.98. The van der Waals surface area contributed by atoms with Crippen molar-refractivity contribution in [2.24, 2.45) is 10.6 Å². The second-order valence-corrected chi connectivity index (χ2v) is 9.50. The average Bonchev–Trinajstić information content (AvgIpc) is 2.75. The number of nitrogens with one attached hydrogen (secondary N) is 1. The number of esters is 1. The second-order valence-electron chi connectivity index (χ2n) is 8.40. The van der Waals surface area contributed by atoms with Gasteiger partial charge in [-0.2, -0.15) is 0 Å². The Balaban J connectivity index is 1.73. The lowest BCUT2D eigenvalue weighted by Crippen LogP contribution is -2.70. The Labute approximate surface area is 188 Å². The smallest absolute Gasteiger partial charge is 0.352 e. The Morgan fingerprint density at radius 3 is 2.50 bits per heavy atom. The molecule has 1 unspecified atom stereocenters. The number of amides is 2. The van der Waals surface area contributed by atoms with E-state index in [1.165, 1.54) is 11.8 Å². The van der Waals surface area contributed by atoms with Gasteiger partial charge in [0.15, 0.2) is 6.04 Å². The first kappa shape index (κ1) is 23.5. The van der Waals surface area contributed by atoms with Crippen LogP contribution < -0.4 is 5.32 Å². The molecule has 1 saturated heterocycles. The largest absolute Gasteiger partial charge is 0.477 e. The molecule has 0 bridgehead atoms. The van der Waals surface area contributed by atoms with Gasteiger partial charge in [-0.05, 0) is 26.3 Å². The minimum atomic E-state index is -1.33. The van der Waals surface area contributed by atoms with Crippen molar-refractivity contribution in [1.82, 2.24) is 10.2 Å². The molecule has 2 aliphatic heterocycles. The van der Waals surface area contributed by atoms with Crippen LogP contribution in [-0.4, -0.2) is 57.5 Å². The van der Waals surface area contributed by atoms with Gasteiger partial charge in [0, 0.05) is 11.3 Å². The van der Waals surface area contributed by atoms with Crippen molar-refractivity contribution in [2.75, 3.05) is 12.4 Å². The maximum Gasteiger partial charge on any atom is 0.352 e. The van der Waals surface area contributed by atoms with Crippen molar-refractivity contribution in [3.05, 3.63) is 52.1 Å². The summed E-state index contributed by atoms with van der Waals surface area (Å²) in [6.45, 7) is 4.78. The van der Waals surface area contributed by atoms with Gasteiger partial charge in [-0.3, -0.25) is 19.3 Å². The summed E-state index contributed by atoms with van der Waals surface area (Å²) in [5.41, 5.74) is -0.322. The lowest BCUT2D eigenvalue weighted by Gasteiger charge is -2.49. The number of rotatable bonds is 7. The van der Waals surface area contributed by atoms with E-state index in [1.54, 1.807) is 51.1 Å². The van der Waals surface area contributed by atoms with E-state index in [4.69, 9.17) is 4.74 Å². The molecule has 1 fully saturated rings. The number of benzene rings is 1. The van der Waals surface area contributed by atoms with E-state index in [1.807, 2.05) is 0 Å². The van der Waals surface area contributed by atoms with E-state index in [0.29, 0.717) is 11.1 Å². The first-order chi connectivity index (χ1) is 15.1. The van der Waals surface area contributed by atoms with Crippen LogP contribution in [0.15, 0.2) is 46.8 Å². The van der Waals surface area contributed by atoms with E-state index in [0.717, 1.165) is 4.90 Å². The number of hydrogen-bond acceptors (Lipinski definition) is 8. The number of nitroso groups, excluding NO2 is 1. The Morgan fingerprint density at radius 2 is 1.94 bits per heavy atom. The second kappa shape index (κ2) is 9.11. The highest BCUT2D eigenvalue weighted by molar-refractivity contribution is 8.00. The molecule has 170 valence electrons. The molecule has 32 heavy (non-hydrogen) atoms. The van der Waals surface area contributed by atoms with Gasteiger partial charge in [-0.15, -0.1) is 16.7 Å². The van der Waals surface area contributed by atoms with Gasteiger partial charge < -0.3 is 15.2 Å². The van der Waals surface area contributed by atoms with Crippen molar-refractivity contribution in [3.8, 4) is 0 Å². The van der Waals surface area contributed by atoms with Crippen LogP contribution in [0.2, 0.25) is 0 Å². The number of hydrogen-bond donors (Lipinski definition) is 2. The maximum atomic E-state index is 12.7. The molecule has 2 heterocycles. The van der Waals surface area contributed by atoms with E-state index in [-0.39, 0.29) is 18.1 Å². The predicted octanol–water partition coefficient (Wildman–Crippen LogP) is 1.82. The first-order valence-electron chi connectivity index (χ1n) is 9.81. The van der Waals surface area contributed by atoms with E-state index < -0.39 is 46.6 Å². The molecule has 1 aromatic rings. The molecule has 1 aromatic carbocycles. The van der Waals surface area contributed by atoms with Crippen LogP contribution >= 0.6 is 11.8 Å². The molecule has 2 amide bonds. The van der Waals surface area contributed by atoms with Crippen LogP contribution in [0.1, 0.15) is 32.4 Å². The van der Waals surface area contributed by atoms with Crippen LogP contribution in [0.5, 0.6) is 0 Å². The zero-order valence-electron chi connectivity index (χ0n) is 17.7. The predicted molar refractivity (Wildman–Crippen MR) is 115 cm³/mol. The highest BCUT2D eigenvalue weighted by atomic mass is 32.2. The van der Waals surface area contributed by atoms with Gasteiger partial charge >= 0.3 is 11.9 Å². The average molecular weight is 461 g/mol. The van der Waals surface area contributed by atoms with E-state index in [2.05, 4.69) is 10.5 Å². The highest BCUT2D eigenvalue weighted by Gasteiger charge is 2.54. The number of carboxylic acid groups (broad SMARTS) is 1. The van der Waals surface area contributed by atoms with Crippen LogP contribution in [0, 0.1) is 10.3 Å². The molecule has 3 rings (SSSR count). The summed E-state index contributed by atoms with van der Waals surface area (Å²) in [6, 6.07) is 5.88. The summed E-state index contributed by atoms with van der Waals surface area (Å²) < 4.78 is 5.23. The van der Waals surface area contributed by atoms with Crippen LogP contribution in [-0.2, 0) is 23.9 Å². The summed E-state index contributed by atoms with van der Waals surface area (Å²) in [6.07, 6.45) is 0. The highest BCUT2D eigenvalue weighted by Crippen LogP contribution is 2.40.